The van der Waals surface area contributed by atoms with Gasteiger partial charge in [0.2, 0.25) is 5.91 Å². The fraction of sp³-hybridized carbons (Fsp3) is 0.684. The van der Waals surface area contributed by atoms with Crippen molar-refractivity contribution >= 4 is 11.9 Å². The fourth-order valence-electron chi connectivity index (χ4n) is 7.29. The lowest BCUT2D eigenvalue weighted by molar-refractivity contribution is -0.151. The van der Waals surface area contributed by atoms with Gasteiger partial charge in [-0.05, 0) is 83.5 Å². The molecule has 0 rings (SSSR count). The molecule has 0 spiro atoms. The van der Waals surface area contributed by atoms with Crippen LogP contribution in [0.3, 0.4) is 0 Å². The number of ether oxygens (including phenoxy) is 1. The maximum absolute atomic E-state index is 13.2. The van der Waals surface area contributed by atoms with E-state index in [1.165, 1.54) is 83.5 Å². The van der Waals surface area contributed by atoms with Crippen LogP contribution in [0.25, 0.3) is 0 Å². The zero-order chi connectivity index (χ0) is 45.9. The van der Waals surface area contributed by atoms with Crippen molar-refractivity contribution in [3.63, 3.8) is 0 Å². The van der Waals surface area contributed by atoms with E-state index in [-0.39, 0.29) is 24.9 Å². The molecule has 0 bridgehead atoms. The minimum Gasteiger partial charge on any atom is -0.462 e. The maximum atomic E-state index is 13.2. The molecule has 0 radical (unpaired) electrons. The molecule has 0 aromatic rings. The summed E-state index contributed by atoms with van der Waals surface area (Å²) in [6.07, 6.45) is 66.0. The third-order valence-corrected chi connectivity index (χ3v) is 11.2. The standard InChI is InChI=1S/C57H97NO5/c1-4-7-10-13-16-19-22-24-26-27-28-30-32-35-38-41-44-47-50-57(62)63-53(48-45-42-39-36-34-31-29-25-23-20-17-14-11-8-5-2)51-56(61)58-54(52-59)55(60)49-46-43-40-37-33-21-18-15-12-9-6-3/h10,13,16-17,19-20,22,24-30,34,36,53-55,59-60H,4-9,11-12,14-15,18,21,23,31-33,35,37-52H2,1-3H3,(H,58,61)/b13-10+,19-16+,20-17-,24-22+,27-26+,29-25-,30-28+,36-34-. The number of allylic oxidation sites excluding steroid dienone is 16. The molecule has 360 valence electrons. The molecule has 0 aliphatic rings. The van der Waals surface area contributed by atoms with E-state index in [0.29, 0.717) is 19.3 Å². The molecule has 63 heavy (non-hydrogen) atoms. The smallest absolute Gasteiger partial charge is 0.306 e. The number of carbonyl (C=O) groups excluding carboxylic acids is 2. The highest BCUT2D eigenvalue weighted by atomic mass is 16.5. The zero-order valence-corrected chi connectivity index (χ0v) is 40.9. The lowest BCUT2D eigenvalue weighted by atomic mass is 10.0. The van der Waals surface area contributed by atoms with Crippen molar-refractivity contribution in [2.24, 2.45) is 0 Å². The van der Waals surface area contributed by atoms with Crippen molar-refractivity contribution in [1.29, 1.82) is 0 Å². The number of esters is 1. The van der Waals surface area contributed by atoms with E-state index >= 15 is 0 Å². The average Bonchev–Trinajstić information content (AvgIpc) is 3.28. The number of amides is 1. The minimum absolute atomic E-state index is 0.0356. The van der Waals surface area contributed by atoms with Gasteiger partial charge in [-0.15, -0.1) is 0 Å². The highest BCUT2D eigenvalue weighted by Crippen LogP contribution is 2.17. The Hall–Kier alpha value is -3.22. The Bertz CT molecular complexity index is 1260. The van der Waals surface area contributed by atoms with Crippen molar-refractivity contribution in [2.75, 3.05) is 6.61 Å². The Kier molecular flexibility index (Phi) is 47.2. The first kappa shape index (κ1) is 59.8. The summed E-state index contributed by atoms with van der Waals surface area (Å²) in [5.74, 6) is -0.547. The topological polar surface area (TPSA) is 95.9 Å². The van der Waals surface area contributed by atoms with Gasteiger partial charge < -0.3 is 20.3 Å². The molecule has 0 saturated heterocycles. The van der Waals surface area contributed by atoms with Crippen LogP contribution in [-0.4, -0.2) is 46.9 Å². The van der Waals surface area contributed by atoms with E-state index in [2.05, 4.69) is 99.0 Å². The van der Waals surface area contributed by atoms with Gasteiger partial charge in [0.1, 0.15) is 6.10 Å². The summed E-state index contributed by atoms with van der Waals surface area (Å²) in [5, 5.41) is 23.7. The van der Waals surface area contributed by atoms with Crippen molar-refractivity contribution in [3.05, 3.63) is 97.2 Å². The fourth-order valence-corrected chi connectivity index (χ4v) is 7.29. The molecule has 0 aliphatic heterocycles. The van der Waals surface area contributed by atoms with Gasteiger partial charge in [-0.25, -0.2) is 0 Å². The number of rotatable bonds is 45. The summed E-state index contributed by atoms with van der Waals surface area (Å²) in [5.41, 5.74) is 0. The molecule has 0 aliphatic carbocycles. The number of hydrogen-bond donors (Lipinski definition) is 3. The molecule has 6 heteroatoms. The van der Waals surface area contributed by atoms with E-state index in [1.54, 1.807) is 0 Å². The molecule has 1 amide bonds. The number of nitrogens with one attached hydrogen (secondary N) is 1. The third kappa shape index (κ3) is 45.2. The molecule has 0 heterocycles. The Balaban J connectivity index is 4.73. The van der Waals surface area contributed by atoms with Crippen LogP contribution < -0.4 is 5.32 Å². The highest BCUT2D eigenvalue weighted by molar-refractivity contribution is 5.77. The minimum atomic E-state index is -0.807. The predicted molar refractivity (Wildman–Crippen MR) is 273 cm³/mol. The Morgan fingerprint density at radius 3 is 1.48 bits per heavy atom. The summed E-state index contributed by atoms with van der Waals surface area (Å²) in [6, 6.07) is -0.725. The molecular weight excluding hydrogens is 779 g/mol. The molecule has 3 atom stereocenters. The average molecular weight is 876 g/mol. The molecule has 0 fully saturated rings. The molecular formula is C57H97NO5. The largest absolute Gasteiger partial charge is 0.462 e. The van der Waals surface area contributed by atoms with Crippen molar-refractivity contribution in [2.45, 2.75) is 244 Å². The van der Waals surface area contributed by atoms with Crippen LogP contribution in [0, 0.1) is 0 Å². The summed E-state index contributed by atoms with van der Waals surface area (Å²) >= 11 is 0. The monoisotopic (exact) mass is 876 g/mol. The van der Waals surface area contributed by atoms with Gasteiger partial charge >= 0.3 is 5.97 Å². The van der Waals surface area contributed by atoms with Crippen LogP contribution in [-0.2, 0) is 14.3 Å². The van der Waals surface area contributed by atoms with Gasteiger partial charge in [-0.3, -0.25) is 9.59 Å². The molecule has 0 aromatic carbocycles. The number of aliphatic hydroxyl groups excluding tert-OH is 2. The van der Waals surface area contributed by atoms with Gasteiger partial charge in [0.05, 0.1) is 25.2 Å². The first-order valence-electron chi connectivity index (χ1n) is 26.0. The van der Waals surface area contributed by atoms with Gasteiger partial charge in [-0.1, -0.05) is 227 Å². The third-order valence-electron chi connectivity index (χ3n) is 11.2. The Labute approximate surface area is 388 Å². The predicted octanol–water partition coefficient (Wildman–Crippen LogP) is 15.7. The van der Waals surface area contributed by atoms with E-state index < -0.39 is 18.2 Å². The number of unbranched alkanes of at least 4 members (excludes halogenated alkanes) is 21. The van der Waals surface area contributed by atoms with Crippen molar-refractivity contribution in [1.82, 2.24) is 5.32 Å². The maximum Gasteiger partial charge on any atom is 0.306 e. The summed E-state index contributed by atoms with van der Waals surface area (Å²) in [4.78, 5) is 26.2. The van der Waals surface area contributed by atoms with Gasteiger partial charge in [0.15, 0.2) is 0 Å². The van der Waals surface area contributed by atoms with Crippen LogP contribution in [0.15, 0.2) is 97.2 Å². The highest BCUT2D eigenvalue weighted by Gasteiger charge is 2.24. The number of aliphatic hydroxyl groups is 2. The Morgan fingerprint density at radius 2 is 0.905 bits per heavy atom. The number of hydrogen-bond acceptors (Lipinski definition) is 5. The second-order valence-corrected chi connectivity index (χ2v) is 17.3. The van der Waals surface area contributed by atoms with Gasteiger partial charge in [-0.2, -0.15) is 0 Å². The van der Waals surface area contributed by atoms with E-state index in [4.69, 9.17) is 4.74 Å². The SMILES string of the molecule is CCC/C=C/C=C/C=C/C=C/C=C/CCCCCCCC(=O)OC(CCCC/C=C\C/C=C\C/C=C\CCCCC)CC(=O)NC(CO)C(O)CCCCCCCCCCCCC. The van der Waals surface area contributed by atoms with Crippen LogP contribution in [0.2, 0.25) is 0 Å². The van der Waals surface area contributed by atoms with Crippen LogP contribution in [0.1, 0.15) is 226 Å². The van der Waals surface area contributed by atoms with Crippen LogP contribution in [0.4, 0.5) is 0 Å². The van der Waals surface area contributed by atoms with Crippen molar-refractivity contribution in [3.8, 4) is 0 Å². The second kappa shape index (κ2) is 49.8. The Morgan fingerprint density at radius 1 is 0.476 bits per heavy atom. The lowest BCUT2D eigenvalue weighted by Crippen LogP contribution is -2.46. The van der Waals surface area contributed by atoms with E-state index in [0.717, 1.165) is 96.3 Å². The first-order valence-corrected chi connectivity index (χ1v) is 26.0. The molecule has 0 aromatic heterocycles. The summed E-state index contributed by atoms with van der Waals surface area (Å²) in [7, 11) is 0. The van der Waals surface area contributed by atoms with Crippen LogP contribution in [0.5, 0.6) is 0 Å². The number of carbonyl (C=O) groups is 2. The molecule has 3 N–H and O–H groups in total. The van der Waals surface area contributed by atoms with Crippen molar-refractivity contribution < 1.29 is 24.5 Å². The normalized spacial score (nSPS) is 14.0. The van der Waals surface area contributed by atoms with Gasteiger partial charge in [0, 0.05) is 6.42 Å². The summed E-state index contributed by atoms with van der Waals surface area (Å²) < 4.78 is 5.91. The second-order valence-electron chi connectivity index (χ2n) is 17.3. The first-order chi connectivity index (χ1) is 31.0. The lowest BCUT2D eigenvalue weighted by Gasteiger charge is -2.24. The molecule has 3 unspecified atom stereocenters. The molecule has 0 saturated carbocycles. The quantitative estimate of drug-likeness (QED) is 0.0245. The summed E-state index contributed by atoms with van der Waals surface area (Å²) in [6.45, 7) is 6.34. The van der Waals surface area contributed by atoms with Crippen LogP contribution >= 0.6 is 0 Å². The molecule has 6 nitrogen and oxygen atoms in total. The van der Waals surface area contributed by atoms with E-state index in [1.807, 2.05) is 24.3 Å². The van der Waals surface area contributed by atoms with E-state index in [9.17, 15) is 19.8 Å². The van der Waals surface area contributed by atoms with Gasteiger partial charge in [0.25, 0.3) is 0 Å². The zero-order valence-electron chi connectivity index (χ0n) is 40.9.